The molecule has 2 spiro atoms. The summed E-state index contributed by atoms with van der Waals surface area (Å²) in [5, 5.41) is 11.0. The summed E-state index contributed by atoms with van der Waals surface area (Å²) >= 11 is 3.72. The number of aromatic nitrogens is 8. The maximum atomic E-state index is 6.46. The number of hydrogen-bond donors (Lipinski definition) is 0. The number of rotatable bonds is 8. The minimum Gasteiger partial charge on any atom is -0.456 e. The molecule has 24 aromatic rings. The van der Waals surface area contributed by atoms with Crippen molar-refractivity contribution in [3.05, 3.63) is 457 Å². The molecule has 0 unspecified atom stereocenters. The molecular weight excluding hydrogens is 1630 g/mol. The minimum atomic E-state index is -0.470. The van der Waals surface area contributed by atoms with E-state index in [0.29, 0.717) is 34.9 Å². The Bertz CT molecular complexity index is 8800. The number of pyridine rings is 2. The fourth-order valence-corrected chi connectivity index (χ4v) is 23.6. The van der Waals surface area contributed by atoms with Gasteiger partial charge < -0.3 is 8.83 Å². The van der Waals surface area contributed by atoms with Crippen molar-refractivity contribution >= 4 is 111 Å². The molecule has 0 N–H and O–H groups in total. The van der Waals surface area contributed by atoms with Gasteiger partial charge in [0.15, 0.2) is 34.9 Å². The van der Waals surface area contributed by atoms with Crippen LogP contribution in [-0.2, 0) is 10.8 Å². The first kappa shape index (κ1) is 73.9. The number of benzene rings is 18. The normalized spacial score (nSPS) is 13.3. The third kappa shape index (κ3) is 11.2. The van der Waals surface area contributed by atoms with E-state index in [1.54, 1.807) is 0 Å². The Labute approximate surface area is 754 Å². The van der Waals surface area contributed by atoms with E-state index in [1.807, 2.05) is 145 Å². The summed E-state index contributed by atoms with van der Waals surface area (Å²) in [6.45, 7) is 0. The third-order valence-electron chi connectivity index (χ3n) is 26.8. The van der Waals surface area contributed by atoms with Gasteiger partial charge in [-0.2, -0.15) is 0 Å². The highest BCUT2D eigenvalue weighted by molar-refractivity contribution is 7.99. The molecule has 18 aromatic carbocycles. The van der Waals surface area contributed by atoms with E-state index in [9.17, 15) is 0 Å². The second-order valence-corrected chi connectivity index (χ2v) is 35.8. The SMILES string of the molecule is c1ccc(-c2nc(-c3ccc(-c4nc5ccccc5c5cc6c(cc45)Sc4ccccc4C64c5ccccc5-c5ccccc54)cc3)nc(-c3cccc4c3oc3ccccc34)n2)cc1.c1ccc(-c2nc(-c3ccc(-c4nc5ccccc5c5cc6c(cc45)Sc4ccccc4C64c5ccccc5-c5ccccc54)cc3)nc(-c3cccc4oc5ccccc5c34)n2)cc1. The maximum Gasteiger partial charge on any atom is 0.167 e. The lowest BCUT2D eigenvalue weighted by Crippen LogP contribution is -2.32. The second-order valence-electron chi connectivity index (χ2n) is 33.7. The van der Waals surface area contributed by atoms with Crippen molar-refractivity contribution in [1.29, 1.82) is 0 Å². The summed E-state index contributed by atoms with van der Waals surface area (Å²) in [4.78, 5) is 46.5. The van der Waals surface area contributed by atoms with E-state index < -0.39 is 10.8 Å². The molecule has 0 amide bonds. The van der Waals surface area contributed by atoms with Crippen molar-refractivity contribution in [1.82, 2.24) is 39.9 Å². The van der Waals surface area contributed by atoms with Gasteiger partial charge in [-0.15, -0.1) is 0 Å². The molecule has 10 nitrogen and oxygen atoms in total. The smallest absolute Gasteiger partial charge is 0.167 e. The van der Waals surface area contributed by atoms with Crippen LogP contribution in [-0.4, -0.2) is 39.9 Å². The number of fused-ring (bicyclic) bond motifs is 30. The lowest BCUT2D eigenvalue weighted by molar-refractivity contribution is 0.669. The van der Waals surface area contributed by atoms with Crippen LogP contribution in [0.3, 0.4) is 0 Å². The van der Waals surface area contributed by atoms with Crippen molar-refractivity contribution in [3.63, 3.8) is 0 Å². The maximum absolute atomic E-state index is 6.46. The number of furan rings is 2. The molecule has 604 valence electrons. The van der Waals surface area contributed by atoms with Gasteiger partial charge in [-0.1, -0.05) is 363 Å². The van der Waals surface area contributed by atoms with E-state index in [2.05, 4.69) is 291 Å². The zero-order valence-corrected chi connectivity index (χ0v) is 71.1. The highest BCUT2D eigenvalue weighted by atomic mass is 32.2. The molecular formula is C118H68N8O2S2. The molecule has 8 heterocycles. The summed E-state index contributed by atoms with van der Waals surface area (Å²) in [5.41, 5.74) is 29.2. The fraction of sp³-hybridized carbons (Fsp3) is 0.0169. The van der Waals surface area contributed by atoms with Crippen molar-refractivity contribution in [3.8, 4) is 113 Å². The van der Waals surface area contributed by atoms with Gasteiger partial charge in [-0.05, 0) is 150 Å². The van der Waals surface area contributed by atoms with Gasteiger partial charge in [0, 0.05) is 102 Å². The van der Waals surface area contributed by atoms with Crippen LogP contribution in [0.15, 0.2) is 441 Å². The average molecular weight is 1690 g/mol. The predicted molar refractivity (Wildman–Crippen MR) is 526 cm³/mol. The second kappa shape index (κ2) is 29.1. The van der Waals surface area contributed by atoms with E-state index in [1.165, 1.54) is 97.1 Å². The van der Waals surface area contributed by atoms with Crippen LogP contribution in [0.5, 0.6) is 0 Å². The minimum absolute atomic E-state index is 0.469. The Hall–Kier alpha value is -16.4. The van der Waals surface area contributed by atoms with Gasteiger partial charge in [0.05, 0.1) is 38.8 Å². The van der Waals surface area contributed by atoms with E-state index in [-0.39, 0.29) is 0 Å². The Balaban J connectivity index is 0.000000134. The molecule has 0 fully saturated rings. The molecule has 2 aliphatic heterocycles. The third-order valence-corrected chi connectivity index (χ3v) is 29.1. The summed E-state index contributed by atoms with van der Waals surface area (Å²) < 4.78 is 12.7. The zero-order chi connectivity index (χ0) is 85.3. The summed E-state index contributed by atoms with van der Waals surface area (Å²) in [6, 6.07) is 147. The predicted octanol–water partition coefficient (Wildman–Crippen LogP) is 29.9. The molecule has 130 heavy (non-hydrogen) atoms. The fourth-order valence-electron chi connectivity index (χ4n) is 21.2. The molecule has 0 saturated heterocycles. The van der Waals surface area contributed by atoms with Crippen LogP contribution in [0.25, 0.3) is 200 Å². The number of nitrogens with zero attached hydrogens (tertiary/aromatic N) is 8. The van der Waals surface area contributed by atoms with Crippen LogP contribution in [0, 0.1) is 0 Å². The summed E-state index contributed by atoms with van der Waals surface area (Å²) in [5.74, 6) is 3.52. The molecule has 0 atom stereocenters. The van der Waals surface area contributed by atoms with Crippen molar-refractivity contribution < 1.29 is 8.83 Å². The molecule has 28 rings (SSSR count). The monoisotopic (exact) mass is 1690 g/mol. The van der Waals surface area contributed by atoms with Crippen molar-refractivity contribution in [2.24, 2.45) is 0 Å². The van der Waals surface area contributed by atoms with Crippen molar-refractivity contribution in [2.45, 2.75) is 30.4 Å². The summed E-state index contributed by atoms with van der Waals surface area (Å²) in [7, 11) is 0. The lowest BCUT2D eigenvalue weighted by atomic mass is 9.67. The number of para-hydroxylation sites is 5. The van der Waals surface area contributed by atoms with E-state index in [0.717, 1.165) is 132 Å². The first-order chi connectivity index (χ1) is 64.4. The van der Waals surface area contributed by atoms with Crippen LogP contribution < -0.4 is 0 Å². The Kier molecular flexibility index (Phi) is 16.5. The topological polar surface area (TPSA) is 129 Å². The molecule has 12 heteroatoms. The van der Waals surface area contributed by atoms with Crippen LogP contribution in [0.2, 0.25) is 0 Å². The van der Waals surface area contributed by atoms with Gasteiger partial charge in [0.2, 0.25) is 0 Å². The molecule has 0 saturated carbocycles. The Morgan fingerprint density at radius 3 is 0.992 bits per heavy atom. The zero-order valence-electron chi connectivity index (χ0n) is 69.5. The molecule has 0 radical (unpaired) electrons. The van der Waals surface area contributed by atoms with Crippen LogP contribution in [0.1, 0.15) is 44.5 Å². The lowest BCUT2D eigenvalue weighted by Gasteiger charge is -2.40. The van der Waals surface area contributed by atoms with Crippen LogP contribution in [0.4, 0.5) is 0 Å². The highest BCUT2D eigenvalue weighted by Crippen LogP contribution is 2.65. The van der Waals surface area contributed by atoms with E-state index in [4.69, 9.17) is 48.7 Å². The first-order valence-corrected chi connectivity index (χ1v) is 45.4. The van der Waals surface area contributed by atoms with Gasteiger partial charge in [-0.3, -0.25) is 0 Å². The standard InChI is InChI=1S/2C59H34N4OS/c1-2-15-36(16-3-1)56-61-57(63-58(62-56)43-22-14-21-42-41-20-7-12-27-51(41)64-55(42)43)37-31-29-35(30-32-37)54-45-34-53-49(33-44(45)40-19-6-11-26-50(40)60-54)59(48-25-10-13-28-52(48)65-53)46-23-8-4-17-38(46)39-18-5-9-24-47(39)59;1-2-15-36(16-3-1)56-61-57(63-58(62-56)42-21-14-27-51-54(42)41-20-7-12-26-50(41)64-51)37-31-29-35(30-32-37)55-44-34-53-48(33-43(44)40-19-6-11-25-49(40)60-55)59(47-24-10-13-28-52(47)65-53)45-22-8-4-17-38(45)39-18-5-9-23-46(39)59/h2*1-34H. The van der Waals surface area contributed by atoms with Gasteiger partial charge in [0.25, 0.3) is 0 Å². The van der Waals surface area contributed by atoms with Gasteiger partial charge in [0.1, 0.15) is 22.3 Å². The van der Waals surface area contributed by atoms with Gasteiger partial charge in [-0.25, -0.2) is 39.9 Å². The molecule has 4 aliphatic rings. The van der Waals surface area contributed by atoms with E-state index >= 15 is 0 Å². The number of hydrogen-bond acceptors (Lipinski definition) is 12. The first-order valence-electron chi connectivity index (χ1n) is 43.7. The summed E-state index contributed by atoms with van der Waals surface area (Å²) in [6.07, 6.45) is 0. The van der Waals surface area contributed by atoms with Crippen LogP contribution >= 0.6 is 23.5 Å². The molecule has 0 bridgehead atoms. The quantitative estimate of drug-likeness (QED) is 0.134. The van der Waals surface area contributed by atoms with Crippen molar-refractivity contribution in [2.75, 3.05) is 0 Å². The Morgan fingerprint density at radius 1 is 0.185 bits per heavy atom. The molecule has 6 aromatic heterocycles. The Morgan fingerprint density at radius 2 is 0.515 bits per heavy atom. The molecule has 2 aliphatic carbocycles. The van der Waals surface area contributed by atoms with Gasteiger partial charge >= 0.3 is 0 Å². The average Bonchev–Trinajstić information content (AvgIpc) is 1.49. The largest absolute Gasteiger partial charge is 0.456 e. The highest BCUT2D eigenvalue weighted by Gasteiger charge is 2.52.